The van der Waals surface area contributed by atoms with E-state index in [-0.39, 0.29) is 17.9 Å². The van der Waals surface area contributed by atoms with E-state index >= 15 is 0 Å². The number of benzene rings is 3. The third-order valence-electron chi connectivity index (χ3n) is 8.14. The topological polar surface area (TPSA) is 63.1 Å². The Balaban J connectivity index is 1.32. The highest BCUT2D eigenvalue weighted by Gasteiger charge is 2.46. The Kier molecular flexibility index (Phi) is 4.75. The largest absolute Gasteiger partial charge is 0.358 e. The molecule has 0 bridgehead atoms. The highest BCUT2D eigenvalue weighted by molar-refractivity contribution is 5.97. The Hall–Kier alpha value is -4.30. The van der Waals surface area contributed by atoms with Gasteiger partial charge in [0, 0.05) is 42.1 Å². The summed E-state index contributed by atoms with van der Waals surface area (Å²) in [6.07, 6.45) is 1.84. The van der Waals surface area contributed by atoms with Crippen molar-refractivity contribution in [1.29, 1.82) is 5.26 Å². The number of carbonyl (C=O) groups is 1. The summed E-state index contributed by atoms with van der Waals surface area (Å²) in [6, 6.07) is 29.1. The molecule has 1 amide bonds. The highest BCUT2D eigenvalue weighted by atomic mass is 16.2. The number of carbonyl (C=O) groups excluding carboxylic acids is 1. The minimum atomic E-state index is 0.126. The van der Waals surface area contributed by atoms with Crippen molar-refractivity contribution >= 4 is 16.8 Å². The molecule has 0 saturated carbocycles. The van der Waals surface area contributed by atoms with Crippen LogP contribution in [0.5, 0.6) is 0 Å². The third-order valence-corrected chi connectivity index (χ3v) is 8.14. The molecule has 0 radical (unpaired) electrons. The number of nitrogens with zero attached hydrogens (tertiary/aromatic N) is 3. The molecule has 0 saturated heterocycles. The number of nitriles is 1. The van der Waals surface area contributed by atoms with Gasteiger partial charge in [-0.15, -0.1) is 0 Å². The minimum Gasteiger partial charge on any atom is -0.358 e. The molecule has 36 heavy (non-hydrogen) atoms. The summed E-state index contributed by atoms with van der Waals surface area (Å²) < 4.78 is 0. The van der Waals surface area contributed by atoms with Crippen LogP contribution < -0.4 is 0 Å². The van der Waals surface area contributed by atoms with Crippen molar-refractivity contribution in [2.24, 2.45) is 0 Å². The van der Waals surface area contributed by atoms with Gasteiger partial charge in [0.15, 0.2) is 0 Å². The molecule has 0 spiro atoms. The lowest BCUT2D eigenvalue weighted by atomic mass is 9.78. The van der Waals surface area contributed by atoms with Gasteiger partial charge in [0.25, 0.3) is 5.91 Å². The van der Waals surface area contributed by atoms with Crippen molar-refractivity contribution in [2.75, 3.05) is 13.1 Å². The molecule has 176 valence electrons. The van der Waals surface area contributed by atoms with Gasteiger partial charge in [-0.25, -0.2) is 0 Å². The van der Waals surface area contributed by atoms with Gasteiger partial charge >= 0.3 is 0 Å². The molecule has 5 heteroatoms. The van der Waals surface area contributed by atoms with E-state index in [2.05, 4.69) is 64.5 Å². The maximum atomic E-state index is 13.9. The van der Waals surface area contributed by atoms with E-state index in [4.69, 9.17) is 0 Å². The molecular formula is C31H26N4O. The summed E-state index contributed by atoms with van der Waals surface area (Å²) in [7, 11) is 0. The lowest BCUT2D eigenvalue weighted by Crippen LogP contribution is -2.41. The van der Waals surface area contributed by atoms with Gasteiger partial charge in [0.2, 0.25) is 0 Å². The molecular weight excluding hydrogens is 444 g/mol. The van der Waals surface area contributed by atoms with Crippen molar-refractivity contribution in [3.8, 4) is 6.07 Å². The van der Waals surface area contributed by atoms with Crippen molar-refractivity contribution in [3.63, 3.8) is 0 Å². The number of amides is 1. The SMILES string of the molecule is N#Cc1ccc([C@H]2C[C@@H]3c4[nH]c5ccccc5c4CCN3C3=C2CN(Cc2ccccc2)C3=O)cc1. The van der Waals surface area contributed by atoms with Crippen LogP contribution in [0.15, 0.2) is 90.1 Å². The first kappa shape index (κ1) is 21.0. The standard InChI is InChI=1S/C31H26N4O/c32-17-20-10-12-22(13-11-20)25-16-28-29-24(23-8-4-5-9-27(23)33-29)14-15-35(28)30-26(25)19-34(31(30)36)18-21-6-2-1-3-7-21/h1-13,25,28,33H,14-16,18-19H2/t25-,28-/m1/s1. The summed E-state index contributed by atoms with van der Waals surface area (Å²) in [5.74, 6) is 0.271. The van der Waals surface area contributed by atoms with Gasteiger partial charge in [-0.2, -0.15) is 5.26 Å². The summed E-state index contributed by atoms with van der Waals surface area (Å²) >= 11 is 0. The Morgan fingerprint density at radius 1 is 0.972 bits per heavy atom. The Morgan fingerprint density at radius 3 is 2.56 bits per heavy atom. The van der Waals surface area contributed by atoms with Gasteiger partial charge in [0.1, 0.15) is 5.70 Å². The predicted octanol–water partition coefficient (Wildman–Crippen LogP) is 5.42. The Bertz CT molecular complexity index is 1560. The average Bonchev–Trinajstić information content (AvgIpc) is 3.47. The van der Waals surface area contributed by atoms with E-state index in [9.17, 15) is 10.1 Å². The normalized spacial score (nSPS) is 20.8. The molecule has 3 aliphatic rings. The fraction of sp³-hybridized carbons (Fsp3) is 0.226. The molecule has 0 unspecified atom stereocenters. The molecule has 1 N–H and O–H groups in total. The summed E-state index contributed by atoms with van der Waals surface area (Å²) in [4.78, 5) is 22.0. The Labute approximate surface area is 210 Å². The highest BCUT2D eigenvalue weighted by Crippen LogP contribution is 2.50. The third kappa shape index (κ3) is 3.18. The number of aromatic nitrogens is 1. The number of para-hydroxylation sites is 1. The number of H-pyrrole nitrogens is 1. The van der Waals surface area contributed by atoms with Gasteiger partial charge in [-0.05, 0) is 53.3 Å². The first-order valence-corrected chi connectivity index (χ1v) is 12.6. The van der Waals surface area contributed by atoms with Crippen LogP contribution in [-0.2, 0) is 17.8 Å². The van der Waals surface area contributed by atoms with Crippen molar-refractivity contribution in [2.45, 2.75) is 31.3 Å². The molecule has 3 aromatic carbocycles. The quantitative estimate of drug-likeness (QED) is 0.435. The maximum Gasteiger partial charge on any atom is 0.270 e. The van der Waals surface area contributed by atoms with Crippen LogP contribution in [0.25, 0.3) is 10.9 Å². The van der Waals surface area contributed by atoms with Gasteiger partial charge in [0.05, 0.1) is 17.7 Å². The average molecular weight is 471 g/mol. The van der Waals surface area contributed by atoms with Crippen LogP contribution >= 0.6 is 0 Å². The van der Waals surface area contributed by atoms with Crippen LogP contribution in [0.3, 0.4) is 0 Å². The van der Waals surface area contributed by atoms with Crippen LogP contribution in [-0.4, -0.2) is 33.8 Å². The lowest BCUT2D eigenvalue weighted by molar-refractivity contribution is -0.127. The second-order valence-electron chi connectivity index (χ2n) is 10.1. The number of hydrogen-bond donors (Lipinski definition) is 1. The van der Waals surface area contributed by atoms with E-state index in [1.807, 2.05) is 35.2 Å². The second kappa shape index (κ2) is 8.13. The minimum absolute atomic E-state index is 0.126. The Morgan fingerprint density at radius 2 is 1.75 bits per heavy atom. The molecule has 0 fully saturated rings. The molecule has 0 aliphatic carbocycles. The molecule has 4 aromatic rings. The van der Waals surface area contributed by atoms with E-state index in [1.54, 1.807) is 0 Å². The van der Waals surface area contributed by atoms with Gasteiger partial charge in [-0.3, -0.25) is 4.79 Å². The van der Waals surface area contributed by atoms with E-state index < -0.39 is 0 Å². The summed E-state index contributed by atoms with van der Waals surface area (Å²) in [5.41, 5.74) is 8.91. The molecule has 5 nitrogen and oxygen atoms in total. The van der Waals surface area contributed by atoms with E-state index in [0.717, 1.165) is 30.6 Å². The van der Waals surface area contributed by atoms with Crippen molar-refractivity contribution < 1.29 is 4.79 Å². The van der Waals surface area contributed by atoms with Crippen LogP contribution in [0, 0.1) is 11.3 Å². The first-order valence-electron chi connectivity index (χ1n) is 12.6. The monoisotopic (exact) mass is 470 g/mol. The number of rotatable bonds is 3. The second-order valence-corrected chi connectivity index (χ2v) is 10.1. The fourth-order valence-electron chi connectivity index (χ4n) is 6.48. The maximum absolute atomic E-state index is 13.9. The first-order chi connectivity index (χ1) is 17.7. The molecule has 4 heterocycles. The number of fused-ring (bicyclic) bond motifs is 6. The lowest BCUT2D eigenvalue weighted by Gasteiger charge is -2.43. The molecule has 1 aromatic heterocycles. The van der Waals surface area contributed by atoms with Crippen LogP contribution in [0.1, 0.15) is 46.3 Å². The molecule has 3 aliphatic heterocycles. The van der Waals surface area contributed by atoms with Crippen LogP contribution in [0.4, 0.5) is 0 Å². The molecule has 7 rings (SSSR count). The fourth-order valence-corrected chi connectivity index (χ4v) is 6.48. The van der Waals surface area contributed by atoms with E-state index in [1.165, 1.54) is 33.3 Å². The van der Waals surface area contributed by atoms with Gasteiger partial charge in [-0.1, -0.05) is 60.7 Å². The smallest absolute Gasteiger partial charge is 0.270 e. The zero-order chi connectivity index (χ0) is 24.2. The van der Waals surface area contributed by atoms with Gasteiger partial charge < -0.3 is 14.8 Å². The zero-order valence-corrected chi connectivity index (χ0v) is 19.9. The van der Waals surface area contributed by atoms with Crippen molar-refractivity contribution in [1.82, 2.24) is 14.8 Å². The van der Waals surface area contributed by atoms with Crippen molar-refractivity contribution in [3.05, 3.63) is 118 Å². The van der Waals surface area contributed by atoms with Crippen LogP contribution in [0.2, 0.25) is 0 Å². The zero-order valence-electron chi connectivity index (χ0n) is 19.9. The predicted molar refractivity (Wildman–Crippen MR) is 139 cm³/mol. The number of nitrogens with one attached hydrogen (secondary N) is 1. The molecule has 2 atom stereocenters. The number of hydrogen-bond acceptors (Lipinski definition) is 3. The van der Waals surface area contributed by atoms with E-state index in [0.29, 0.717) is 18.7 Å². The summed E-state index contributed by atoms with van der Waals surface area (Å²) in [6.45, 7) is 2.11. The number of aromatic amines is 1. The summed E-state index contributed by atoms with van der Waals surface area (Å²) in [5, 5.41) is 10.6.